The van der Waals surface area contributed by atoms with Crippen molar-refractivity contribution in [3.05, 3.63) is 34.6 Å². The van der Waals surface area contributed by atoms with E-state index in [1.165, 1.54) is 12.1 Å². The van der Waals surface area contributed by atoms with E-state index in [-0.39, 0.29) is 23.1 Å². The van der Waals surface area contributed by atoms with E-state index in [2.05, 4.69) is 0 Å². The van der Waals surface area contributed by atoms with Crippen LogP contribution in [0.15, 0.2) is 18.2 Å². The quantitative estimate of drug-likeness (QED) is 0.851. The molecule has 0 bridgehead atoms. The number of rotatable bonds is 6. The minimum atomic E-state index is -0.483. The normalized spacial score (nSPS) is 12.5. The molecule has 0 fully saturated rings. The zero-order chi connectivity index (χ0) is 12.8. The molecule has 0 saturated carbocycles. The van der Waals surface area contributed by atoms with E-state index in [1.54, 1.807) is 6.07 Å². The standard InChI is InChI=1S/C13H17ClFNO/c1-2-9(8-16)5-11(17)6-10-3-4-12(14)13(15)7-10/h3-4,7,9H,2,5-6,8,16H2,1H3. The molecule has 0 aliphatic heterocycles. The summed E-state index contributed by atoms with van der Waals surface area (Å²) in [4.78, 5) is 11.7. The molecule has 1 aromatic rings. The van der Waals surface area contributed by atoms with Crippen LogP contribution >= 0.6 is 11.6 Å². The molecular weight excluding hydrogens is 241 g/mol. The Kier molecular flexibility index (Phi) is 5.59. The second-order valence-electron chi connectivity index (χ2n) is 4.18. The highest BCUT2D eigenvalue weighted by molar-refractivity contribution is 6.30. The molecule has 1 unspecified atom stereocenters. The van der Waals surface area contributed by atoms with Crippen molar-refractivity contribution in [2.24, 2.45) is 11.7 Å². The molecule has 0 aliphatic carbocycles. The van der Waals surface area contributed by atoms with E-state index in [0.717, 1.165) is 6.42 Å². The van der Waals surface area contributed by atoms with Crippen LogP contribution in [-0.2, 0) is 11.2 Å². The van der Waals surface area contributed by atoms with Crippen molar-refractivity contribution in [2.45, 2.75) is 26.2 Å². The highest BCUT2D eigenvalue weighted by atomic mass is 35.5. The van der Waals surface area contributed by atoms with Gasteiger partial charge in [0.15, 0.2) is 0 Å². The average molecular weight is 258 g/mol. The molecule has 1 aromatic carbocycles. The maximum Gasteiger partial charge on any atom is 0.142 e. The summed E-state index contributed by atoms with van der Waals surface area (Å²) < 4.78 is 13.2. The maximum atomic E-state index is 13.2. The van der Waals surface area contributed by atoms with E-state index in [0.29, 0.717) is 18.5 Å². The molecule has 4 heteroatoms. The molecule has 0 saturated heterocycles. The number of hydrogen-bond donors (Lipinski definition) is 1. The van der Waals surface area contributed by atoms with Gasteiger partial charge in [-0.15, -0.1) is 0 Å². The first-order valence-electron chi connectivity index (χ1n) is 5.72. The molecule has 94 valence electrons. The van der Waals surface area contributed by atoms with Crippen molar-refractivity contribution in [1.82, 2.24) is 0 Å². The lowest BCUT2D eigenvalue weighted by Gasteiger charge is -2.10. The Hall–Kier alpha value is -0.930. The molecule has 1 atom stereocenters. The second kappa shape index (κ2) is 6.72. The number of halogens is 2. The zero-order valence-electron chi connectivity index (χ0n) is 9.88. The van der Waals surface area contributed by atoms with Gasteiger partial charge in [0.25, 0.3) is 0 Å². The van der Waals surface area contributed by atoms with Gasteiger partial charge in [-0.25, -0.2) is 4.39 Å². The number of benzene rings is 1. The number of carbonyl (C=O) groups is 1. The van der Waals surface area contributed by atoms with Crippen LogP contribution in [0.5, 0.6) is 0 Å². The molecule has 17 heavy (non-hydrogen) atoms. The minimum Gasteiger partial charge on any atom is -0.330 e. The number of carbonyl (C=O) groups excluding carboxylic acids is 1. The fraction of sp³-hybridized carbons (Fsp3) is 0.462. The largest absolute Gasteiger partial charge is 0.330 e. The Bertz CT molecular complexity index is 391. The van der Waals surface area contributed by atoms with Crippen LogP contribution in [0, 0.1) is 11.7 Å². The van der Waals surface area contributed by atoms with Crippen LogP contribution in [0.4, 0.5) is 4.39 Å². The van der Waals surface area contributed by atoms with Crippen LogP contribution in [0.25, 0.3) is 0 Å². The topological polar surface area (TPSA) is 43.1 Å². The van der Waals surface area contributed by atoms with Gasteiger partial charge in [-0.2, -0.15) is 0 Å². The first kappa shape index (κ1) is 14.1. The second-order valence-corrected chi connectivity index (χ2v) is 4.59. The Morgan fingerprint density at radius 2 is 2.24 bits per heavy atom. The van der Waals surface area contributed by atoms with Crippen LogP contribution in [0.3, 0.4) is 0 Å². The van der Waals surface area contributed by atoms with Gasteiger partial charge in [-0.05, 0) is 30.2 Å². The van der Waals surface area contributed by atoms with Gasteiger partial charge < -0.3 is 5.73 Å². The smallest absolute Gasteiger partial charge is 0.142 e. The van der Waals surface area contributed by atoms with Crippen LogP contribution in [0.2, 0.25) is 5.02 Å². The van der Waals surface area contributed by atoms with Crippen LogP contribution < -0.4 is 5.73 Å². The van der Waals surface area contributed by atoms with Crippen LogP contribution in [-0.4, -0.2) is 12.3 Å². The molecule has 0 amide bonds. The first-order valence-corrected chi connectivity index (χ1v) is 6.10. The zero-order valence-corrected chi connectivity index (χ0v) is 10.6. The van der Waals surface area contributed by atoms with Gasteiger partial charge in [-0.3, -0.25) is 4.79 Å². The summed E-state index contributed by atoms with van der Waals surface area (Å²) in [6, 6.07) is 4.45. The van der Waals surface area contributed by atoms with E-state index in [9.17, 15) is 9.18 Å². The predicted molar refractivity (Wildman–Crippen MR) is 67.6 cm³/mol. The molecule has 2 nitrogen and oxygen atoms in total. The summed E-state index contributed by atoms with van der Waals surface area (Å²) in [7, 11) is 0. The van der Waals surface area contributed by atoms with E-state index < -0.39 is 5.82 Å². The maximum absolute atomic E-state index is 13.2. The van der Waals surface area contributed by atoms with E-state index in [4.69, 9.17) is 17.3 Å². The summed E-state index contributed by atoms with van der Waals surface area (Å²) in [5.41, 5.74) is 6.20. The summed E-state index contributed by atoms with van der Waals surface area (Å²) in [6.45, 7) is 2.52. The number of Topliss-reactive ketones (excluding diaryl/α,β-unsaturated/α-hetero) is 1. The first-order chi connectivity index (χ1) is 8.06. The van der Waals surface area contributed by atoms with Gasteiger partial charge in [0.1, 0.15) is 11.6 Å². The lowest BCUT2D eigenvalue weighted by molar-refractivity contribution is -0.119. The number of hydrogen-bond acceptors (Lipinski definition) is 2. The molecule has 1 rings (SSSR count). The summed E-state index contributed by atoms with van der Waals surface area (Å²) in [5, 5.41) is 0.0783. The van der Waals surface area contributed by atoms with Gasteiger partial charge >= 0.3 is 0 Å². The third-order valence-corrected chi connectivity index (χ3v) is 3.12. The summed E-state index contributed by atoms with van der Waals surface area (Å²) in [5.74, 6) is -0.175. The van der Waals surface area contributed by atoms with Gasteiger partial charge in [0, 0.05) is 12.8 Å². The van der Waals surface area contributed by atoms with Crippen LogP contribution in [0.1, 0.15) is 25.3 Å². The molecule has 0 heterocycles. The average Bonchev–Trinajstić information content (AvgIpc) is 2.31. The molecular formula is C13H17ClFNO. The molecule has 0 aliphatic rings. The minimum absolute atomic E-state index is 0.0783. The highest BCUT2D eigenvalue weighted by Gasteiger charge is 2.12. The van der Waals surface area contributed by atoms with Crippen molar-refractivity contribution in [3.8, 4) is 0 Å². The van der Waals surface area contributed by atoms with Crippen molar-refractivity contribution in [1.29, 1.82) is 0 Å². The van der Waals surface area contributed by atoms with E-state index in [1.807, 2.05) is 6.92 Å². The third kappa shape index (κ3) is 4.44. The van der Waals surface area contributed by atoms with Crippen molar-refractivity contribution in [2.75, 3.05) is 6.54 Å². The lowest BCUT2D eigenvalue weighted by atomic mass is 9.96. The van der Waals surface area contributed by atoms with Gasteiger partial charge in [0.2, 0.25) is 0 Å². The SMILES string of the molecule is CCC(CN)CC(=O)Cc1ccc(Cl)c(F)c1. The monoisotopic (exact) mass is 257 g/mol. The number of ketones is 1. The van der Waals surface area contributed by atoms with E-state index >= 15 is 0 Å². The van der Waals surface area contributed by atoms with Crippen molar-refractivity contribution in [3.63, 3.8) is 0 Å². The Labute approximate surface area is 106 Å². The fourth-order valence-electron chi connectivity index (χ4n) is 1.67. The van der Waals surface area contributed by atoms with Crippen molar-refractivity contribution < 1.29 is 9.18 Å². The Morgan fingerprint density at radius 3 is 2.76 bits per heavy atom. The van der Waals surface area contributed by atoms with Gasteiger partial charge in [-0.1, -0.05) is 31.0 Å². The molecule has 2 N–H and O–H groups in total. The summed E-state index contributed by atoms with van der Waals surface area (Å²) >= 11 is 5.57. The molecule has 0 spiro atoms. The number of nitrogens with two attached hydrogens (primary N) is 1. The molecule has 0 radical (unpaired) electrons. The lowest BCUT2D eigenvalue weighted by Crippen LogP contribution is -2.18. The highest BCUT2D eigenvalue weighted by Crippen LogP contribution is 2.17. The van der Waals surface area contributed by atoms with Crippen molar-refractivity contribution >= 4 is 17.4 Å². The van der Waals surface area contributed by atoms with Gasteiger partial charge in [0.05, 0.1) is 5.02 Å². The fourth-order valence-corrected chi connectivity index (χ4v) is 1.78. The predicted octanol–water partition coefficient (Wildman–Crippen LogP) is 2.97. The Balaban J connectivity index is 2.58. The summed E-state index contributed by atoms with van der Waals surface area (Å²) in [6.07, 6.45) is 1.58. The Morgan fingerprint density at radius 1 is 1.53 bits per heavy atom. The molecule has 0 aromatic heterocycles. The third-order valence-electron chi connectivity index (χ3n) is 2.81.